The van der Waals surface area contributed by atoms with Gasteiger partial charge in [-0.25, -0.2) is 0 Å². The van der Waals surface area contributed by atoms with Gasteiger partial charge >= 0.3 is 5.97 Å². The lowest BCUT2D eigenvalue weighted by Crippen LogP contribution is -2.12. The molecule has 0 radical (unpaired) electrons. The van der Waals surface area contributed by atoms with E-state index in [1.54, 1.807) is 24.3 Å². The number of carboxylic acids is 1. The second-order valence-electron chi connectivity index (χ2n) is 3.40. The van der Waals surface area contributed by atoms with Crippen molar-refractivity contribution in [3.8, 4) is 11.5 Å². The van der Waals surface area contributed by atoms with Gasteiger partial charge in [0.05, 0.1) is 13.5 Å². The van der Waals surface area contributed by atoms with Gasteiger partial charge in [0.15, 0.2) is 5.78 Å². The molecule has 5 heteroatoms. The number of methoxy groups -OCH3 is 1. The molecule has 1 rings (SSSR count). The zero-order chi connectivity index (χ0) is 12.7. The Morgan fingerprint density at radius 1 is 1.24 bits per heavy atom. The minimum atomic E-state index is -0.986. The summed E-state index contributed by atoms with van der Waals surface area (Å²) in [5.74, 6) is -0.0662. The molecule has 0 saturated carbocycles. The summed E-state index contributed by atoms with van der Waals surface area (Å²) in [6, 6.07) is 6.87. The summed E-state index contributed by atoms with van der Waals surface area (Å²) < 4.78 is 10.2. The van der Waals surface area contributed by atoms with Gasteiger partial charge in [-0.15, -0.1) is 0 Å². The van der Waals surface area contributed by atoms with Crippen molar-refractivity contribution in [3.63, 3.8) is 0 Å². The number of rotatable bonds is 7. The van der Waals surface area contributed by atoms with Crippen LogP contribution in [0.5, 0.6) is 11.5 Å². The SMILES string of the molecule is COc1cccc(OCC(=O)CCC(=O)O)c1. The largest absolute Gasteiger partial charge is 0.497 e. The number of benzene rings is 1. The number of hydrogen-bond donors (Lipinski definition) is 1. The van der Waals surface area contributed by atoms with E-state index in [0.29, 0.717) is 11.5 Å². The van der Waals surface area contributed by atoms with Crippen molar-refractivity contribution in [2.75, 3.05) is 13.7 Å². The second kappa shape index (κ2) is 6.52. The van der Waals surface area contributed by atoms with Crippen molar-refractivity contribution >= 4 is 11.8 Å². The van der Waals surface area contributed by atoms with E-state index in [0.717, 1.165) is 0 Å². The number of carboxylic acid groups (broad SMARTS) is 1. The Bertz CT molecular complexity index is 400. The zero-order valence-corrected chi connectivity index (χ0v) is 9.51. The van der Waals surface area contributed by atoms with Crippen LogP contribution in [-0.2, 0) is 9.59 Å². The summed E-state index contributed by atoms with van der Waals surface area (Å²) in [5, 5.41) is 8.41. The Morgan fingerprint density at radius 2 is 1.94 bits per heavy atom. The van der Waals surface area contributed by atoms with Crippen molar-refractivity contribution < 1.29 is 24.2 Å². The second-order valence-corrected chi connectivity index (χ2v) is 3.40. The topological polar surface area (TPSA) is 72.8 Å². The lowest BCUT2D eigenvalue weighted by atomic mass is 10.2. The highest BCUT2D eigenvalue weighted by atomic mass is 16.5. The highest BCUT2D eigenvalue weighted by Gasteiger charge is 2.06. The van der Waals surface area contributed by atoms with Crippen LogP contribution in [0.25, 0.3) is 0 Å². The predicted molar refractivity (Wildman–Crippen MR) is 60.4 cm³/mol. The molecule has 17 heavy (non-hydrogen) atoms. The number of carbonyl (C=O) groups excluding carboxylic acids is 1. The van der Waals surface area contributed by atoms with Gasteiger partial charge in [0.25, 0.3) is 0 Å². The normalized spacial score (nSPS) is 9.71. The fourth-order valence-corrected chi connectivity index (χ4v) is 1.17. The Hall–Kier alpha value is -2.04. The summed E-state index contributed by atoms with van der Waals surface area (Å²) in [7, 11) is 1.54. The van der Waals surface area contributed by atoms with Crippen molar-refractivity contribution in [1.29, 1.82) is 0 Å². The van der Waals surface area contributed by atoms with Crippen molar-refractivity contribution in [1.82, 2.24) is 0 Å². The number of ketones is 1. The van der Waals surface area contributed by atoms with E-state index in [4.69, 9.17) is 14.6 Å². The van der Waals surface area contributed by atoms with Gasteiger partial charge in [-0.1, -0.05) is 6.07 Å². The first kappa shape index (κ1) is 13.0. The number of hydrogen-bond acceptors (Lipinski definition) is 4. The molecule has 0 aliphatic carbocycles. The Balaban J connectivity index is 2.39. The standard InChI is InChI=1S/C12H14O5/c1-16-10-3-2-4-11(7-10)17-8-9(13)5-6-12(14)15/h2-4,7H,5-6,8H2,1H3,(H,14,15). The predicted octanol–water partition coefficient (Wildman–Crippen LogP) is 1.51. The van der Waals surface area contributed by atoms with E-state index < -0.39 is 5.97 Å². The maximum absolute atomic E-state index is 11.3. The molecule has 1 aromatic carbocycles. The molecular weight excluding hydrogens is 224 g/mol. The molecule has 5 nitrogen and oxygen atoms in total. The van der Waals surface area contributed by atoms with E-state index >= 15 is 0 Å². The van der Waals surface area contributed by atoms with Crippen LogP contribution >= 0.6 is 0 Å². The smallest absolute Gasteiger partial charge is 0.303 e. The highest BCUT2D eigenvalue weighted by molar-refractivity contribution is 5.83. The van der Waals surface area contributed by atoms with Crippen LogP contribution in [0.4, 0.5) is 0 Å². The Labute approximate surface area is 99.0 Å². The van der Waals surface area contributed by atoms with E-state index in [1.807, 2.05) is 0 Å². The van der Waals surface area contributed by atoms with Gasteiger partial charge in [-0.05, 0) is 12.1 Å². The lowest BCUT2D eigenvalue weighted by Gasteiger charge is -2.06. The van der Waals surface area contributed by atoms with Crippen LogP contribution in [0, 0.1) is 0 Å². The van der Waals surface area contributed by atoms with E-state index in [9.17, 15) is 9.59 Å². The minimum Gasteiger partial charge on any atom is -0.497 e. The third-order valence-corrected chi connectivity index (χ3v) is 2.06. The molecule has 0 amide bonds. The van der Waals surface area contributed by atoms with Gasteiger partial charge in [-0.3, -0.25) is 9.59 Å². The van der Waals surface area contributed by atoms with Crippen molar-refractivity contribution in [3.05, 3.63) is 24.3 Å². The molecule has 92 valence electrons. The monoisotopic (exact) mass is 238 g/mol. The molecule has 0 fully saturated rings. The summed E-state index contributed by atoms with van der Waals surface area (Å²) in [6.07, 6.45) is -0.181. The quantitative estimate of drug-likeness (QED) is 0.779. The van der Waals surface area contributed by atoms with Crippen LogP contribution in [0.3, 0.4) is 0 Å². The first-order valence-electron chi connectivity index (χ1n) is 5.12. The van der Waals surface area contributed by atoms with Gasteiger partial charge in [0, 0.05) is 12.5 Å². The summed E-state index contributed by atoms with van der Waals surface area (Å²) in [4.78, 5) is 21.5. The average Bonchev–Trinajstić information content (AvgIpc) is 2.34. The fourth-order valence-electron chi connectivity index (χ4n) is 1.17. The molecule has 0 saturated heterocycles. The van der Waals surface area contributed by atoms with Gasteiger partial charge in [-0.2, -0.15) is 0 Å². The third kappa shape index (κ3) is 5.01. The maximum atomic E-state index is 11.3. The molecule has 1 N–H and O–H groups in total. The van der Waals surface area contributed by atoms with Crippen LogP contribution < -0.4 is 9.47 Å². The fraction of sp³-hybridized carbons (Fsp3) is 0.333. The van der Waals surface area contributed by atoms with E-state index in [-0.39, 0.29) is 25.2 Å². The van der Waals surface area contributed by atoms with Crippen LogP contribution in [-0.4, -0.2) is 30.6 Å². The summed E-state index contributed by atoms with van der Waals surface area (Å²) >= 11 is 0. The average molecular weight is 238 g/mol. The number of Topliss-reactive ketones (excluding diaryl/α,β-unsaturated/α-hetero) is 1. The Kier molecular flexibility index (Phi) is 5.00. The molecule has 0 spiro atoms. The first-order valence-corrected chi connectivity index (χ1v) is 5.12. The van der Waals surface area contributed by atoms with Gasteiger partial charge in [0.1, 0.15) is 18.1 Å². The lowest BCUT2D eigenvalue weighted by molar-refractivity contribution is -0.138. The zero-order valence-electron chi connectivity index (χ0n) is 9.51. The maximum Gasteiger partial charge on any atom is 0.303 e. The van der Waals surface area contributed by atoms with Gasteiger partial charge in [0.2, 0.25) is 0 Å². The molecule has 1 aromatic rings. The van der Waals surface area contributed by atoms with Crippen LogP contribution in [0.15, 0.2) is 24.3 Å². The van der Waals surface area contributed by atoms with Gasteiger partial charge < -0.3 is 14.6 Å². The van der Waals surface area contributed by atoms with Crippen molar-refractivity contribution in [2.45, 2.75) is 12.8 Å². The molecule has 0 aromatic heterocycles. The molecule has 0 heterocycles. The third-order valence-electron chi connectivity index (χ3n) is 2.06. The summed E-state index contributed by atoms with van der Waals surface area (Å²) in [5.41, 5.74) is 0. The van der Waals surface area contributed by atoms with Crippen LogP contribution in [0.2, 0.25) is 0 Å². The molecule has 0 bridgehead atoms. The molecule has 0 aliphatic rings. The van der Waals surface area contributed by atoms with E-state index in [2.05, 4.69) is 0 Å². The van der Waals surface area contributed by atoms with Crippen molar-refractivity contribution in [2.24, 2.45) is 0 Å². The minimum absolute atomic E-state index is 0.0146. The molecular formula is C12H14O5. The molecule has 0 atom stereocenters. The Morgan fingerprint density at radius 3 is 2.59 bits per heavy atom. The highest BCUT2D eigenvalue weighted by Crippen LogP contribution is 2.18. The molecule has 0 aliphatic heterocycles. The number of ether oxygens (including phenoxy) is 2. The molecule has 0 unspecified atom stereocenters. The number of aliphatic carboxylic acids is 1. The van der Waals surface area contributed by atoms with E-state index in [1.165, 1.54) is 7.11 Å². The van der Waals surface area contributed by atoms with Crippen LogP contribution in [0.1, 0.15) is 12.8 Å². The first-order chi connectivity index (χ1) is 8.11. The number of carbonyl (C=O) groups is 2. The summed E-state index contributed by atoms with van der Waals surface area (Å²) in [6.45, 7) is -0.125.